The second kappa shape index (κ2) is 5.39. The lowest BCUT2D eigenvalue weighted by Gasteiger charge is -2.31. The van der Waals surface area contributed by atoms with Crippen LogP contribution in [0.5, 0.6) is 0 Å². The summed E-state index contributed by atoms with van der Waals surface area (Å²) >= 11 is 9.52. The van der Waals surface area contributed by atoms with Crippen LogP contribution in [0, 0.1) is 0 Å². The molecule has 1 aliphatic rings. The lowest BCUT2D eigenvalue weighted by Crippen LogP contribution is -2.33. The highest BCUT2D eigenvalue weighted by atomic mass is 79.9. The van der Waals surface area contributed by atoms with Gasteiger partial charge in [-0.15, -0.1) is 0 Å². The van der Waals surface area contributed by atoms with E-state index in [1.54, 1.807) is 0 Å². The number of nitrogens with zero attached hydrogens (tertiary/aromatic N) is 1. The minimum absolute atomic E-state index is 0.188. The van der Waals surface area contributed by atoms with Crippen LogP contribution in [-0.2, 0) is 6.42 Å². The molecular weight excluding hydrogens is 364 g/mol. The van der Waals surface area contributed by atoms with Gasteiger partial charge in [-0.25, -0.2) is 0 Å². The van der Waals surface area contributed by atoms with E-state index in [4.69, 9.17) is 11.6 Å². The molecule has 0 radical (unpaired) electrons. The average Bonchev–Trinajstić information content (AvgIpc) is 2.86. The molecule has 2 N–H and O–H groups in total. The molecule has 2 aromatic carbocycles. The van der Waals surface area contributed by atoms with Crippen molar-refractivity contribution in [2.45, 2.75) is 12.5 Å². The van der Waals surface area contributed by atoms with Crippen LogP contribution in [-0.4, -0.2) is 21.8 Å². The van der Waals surface area contributed by atoms with Crippen molar-refractivity contribution in [3.8, 4) is 0 Å². The molecule has 1 aliphatic heterocycles. The Morgan fingerprint density at radius 3 is 2.73 bits per heavy atom. The van der Waals surface area contributed by atoms with Crippen LogP contribution < -0.4 is 0 Å². The Balaban J connectivity index is 1.91. The van der Waals surface area contributed by atoms with Crippen LogP contribution in [0.3, 0.4) is 0 Å². The van der Waals surface area contributed by atoms with Gasteiger partial charge >= 0.3 is 0 Å². The Morgan fingerprint density at radius 2 is 1.95 bits per heavy atom. The number of aromatic amines is 1. The molecule has 0 amide bonds. The van der Waals surface area contributed by atoms with E-state index in [0.717, 1.165) is 27.7 Å². The van der Waals surface area contributed by atoms with Crippen molar-refractivity contribution < 1.29 is 5.21 Å². The number of hydroxylamine groups is 2. The molecule has 1 atom stereocenters. The number of nitrogens with one attached hydrogen (secondary N) is 1. The van der Waals surface area contributed by atoms with Crippen molar-refractivity contribution in [2.75, 3.05) is 6.54 Å². The van der Waals surface area contributed by atoms with Gasteiger partial charge in [0.15, 0.2) is 0 Å². The van der Waals surface area contributed by atoms with E-state index >= 15 is 0 Å². The van der Waals surface area contributed by atoms with Crippen molar-refractivity contribution >= 4 is 38.4 Å². The molecule has 0 bridgehead atoms. The number of benzene rings is 2. The minimum Gasteiger partial charge on any atom is -0.356 e. The Kier molecular flexibility index (Phi) is 3.50. The minimum atomic E-state index is -0.188. The molecule has 4 rings (SSSR count). The van der Waals surface area contributed by atoms with E-state index in [1.807, 2.05) is 30.3 Å². The Hall–Kier alpha value is -1.33. The Labute approximate surface area is 141 Å². The molecule has 0 fully saturated rings. The maximum absolute atomic E-state index is 10.4. The topological polar surface area (TPSA) is 39.3 Å². The first-order valence-corrected chi connectivity index (χ1v) is 8.31. The van der Waals surface area contributed by atoms with E-state index in [0.29, 0.717) is 11.6 Å². The number of hydrogen-bond acceptors (Lipinski definition) is 2. The fraction of sp³-hybridized carbons (Fsp3) is 0.176. The van der Waals surface area contributed by atoms with Gasteiger partial charge < -0.3 is 10.2 Å². The van der Waals surface area contributed by atoms with Gasteiger partial charge in [-0.1, -0.05) is 39.7 Å². The quantitative estimate of drug-likeness (QED) is 0.632. The van der Waals surface area contributed by atoms with Gasteiger partial charge in [0.05, 0.1) is 0 Å². The van der Waals surface area contributed by atoms with Crippen LogP contribution in [0.4, 0.5) is 0 Å². The van der Waals surface area contributed by atoms with Crippen molar-refractivity contribution in [1.82, 2.24) is 10.0 Å². The van der Waals surface area contributed by atoms with Gasteiger partial charge in [-0.05, 0) is 47.9 Å². The molecule has 2 heterocycles. The molecule has 5 heteroatoms. The van der Waals surface area contributed by atoms with Crippen molar-refractivity contribution in [3.05, 3.63) is 68.8 Å². The van der Waals surface area contributed by atoms with Gasteiger partial charge in [0.1, 0.15) is 6.04 Å². The van der Waals surface area contributed by atoms with E-state index in [2.05, 4.69) is 33.0 Å². The lowest BCUT2D eigenvalue weighted by molar-refractivity contribution is -0.122. The molecule has 3 aromatic rings. The molecule has 22 heavy (non-hydrogen) atoms. The zero-order chi connectivity index (χ0) is 15.3. The summed E-state index contributed by atoms with van der Waals surface area (Å²) in [6.07, 6.45) is 0.826. The van der Waals surface area contributed by atoms with Gasteiger partial charge in [-0.2, -0.15) is 5.06 Å². The zero-order valence-electron chi connectivity index (χ0n) is 11.7. The first-order valence-electron chi connectivity index (χ1n) is 7.14. The van der Waals surface area contributed by atoms with Crippen molar-refractivity contribution in [2.24, 2.45) is 0 Å². The summed E-state index contributed by atoms with van der Waals surface area (Å²) < 4.78 is 1.07. The molecule has 0 spiro atoms. The fourth-order valence-corrected chi connectivity index (χ4v) is 3.72. The second-order valence-corrected chi connectivity index (χ2v) is 6.93. The summed E-state index contributed by atoms with van der Waals surface area (Å²) in [5, 5.41) is 13.7. The zero-order valence-corrected chi connectivity index (χ0v) is 14.0. The smallest absolute Gasteiger partial charge is 0.100 e. The van der Waals surface area contributed by atoms with Gasteiger partial charge in [-0.3, -0.25) is 0 Å². The first kappa shape index (κ1) is 14.3. The molecular formula is C17H14BrClN2O. The van der Waals surface area contributed by atoms with E-state index < -0.39 is 0 Å². The number of fused-ring (bicyclic) bond motifs is 3. The number of halogens is 2. The van der Waals surface area contributed by atoms with Gasteiger partial charge in [0.2, 0.25) is 0 Å². The fourth-order valence-electron chi connectivity index (χ4n) is 3.23. The monoisotopic (exact) mass is 376 g/mol. The highest BCUT2D eigenvalue weighted by Gasteiger charge is 2.30. The third-order valence-electron chi connectivity index (χ3n) is 4.25. The van der Waals surface area contributed by atoms with Gasteiger partial charge in [0.25, 0.3) is 0 Å². The van der Waals surface area contributed by atoms with E-state index in [-0.39, 0.29) is 6.04 Å². The predicted octanol–water partition coefficient (Wildman–Crippen LogP) is 4.92. The van der Waals surface area contributed by atoms with Gasteiger partial charge in [0, 0.05) is 32.6 Å². The summed E-state index contributed by atoms with van der Waals surface area (Å²) in [5.74, 6) is 0. The van der Waals surface area contributed by atoms with Crippen molar-refractivity contribution in [3.63, 3.8) is 0 Å². The highest BCUT2D eigenvalue weighted by molar-refractivity contribution is 9.10. The summed E-state index contributed by atoms with van der Waals surface area (Å²) in [4.78, 5) is 3.48. The van der Waals surface area contributed by atoms with Crippen LogP contribution in [0.25, 0.3) is 10.9 Å². The Bertz CT molecular complexity index is 844. The molecule has 0 aliphatic carbocycles. The van der Waals surface area contributed by atoms with Crippen LogP contribution in [0.2, 0.25) is 5.02 Å². The maximum Gasteiger partial charge on any atom is 0.100 e. The summed E-state index contributed by atoms with van der Waals surface area (Å²) in [6, 6.07) is 13.7. The van der Waals surface area contributed by atoms with Crippen LogP contribution in [0.1, 0.15) is 22.9 Å². The van der Waals surface area contributed by atoms with E-state index in [1.165, 1.54) is 16.0 Å². The highest BCUT2D eigenvalue weighted by Crippen LogP contribution is 2.38. The first-order chi connectivity index (χ1) is 10.6. The maximum atomic E-state index is 10.4. The third-order valence-corrected chi connectivity index (χ3v) is 4.99. The van der Waals surface area contributed by atoms with Crippen molar-refractivity contribution in [1.29, 1.82) is 0 Å². The van der Waals surface area contributed by atoms with Crippen LogP contribution >= 0.6 is 27.5 Å². The second-order valence-electron chi connectivity index (χ2n) is 5.57. The molecule has 112 valence electrons. The number of H-pyrrole nitrogens is 1. The number of aromatic nitrogens is 1. The molecule has 0 unspecified atom stereocenters. The normalized spacial score (nSPS) is 18.6. The summed E-state index contributed by atoms with van der Waals surface area (Å²) in [7, 11) is 0. The molecule has 0 saturated carbocycles. The molecule has 3 nitrogen and oxygen atoms in total. The predicted molar refractivity (Wildman–Crippen MR) is 91.5 cm³/mol. The summed E-state index contributed by atoms with van der Waals surface area (Å²) in [6.45, 7) is 0.611. The third kappa shape index (κ3) is 2.27. The van der Waals surface area contributed by atoms with E-state index in [9.17, 15) is 5.21 Å². The average molecular weight is 378 g/mol. The Morgan fingerprint density at radius 1 is 1.18 bits per heavy atom. The molecule has 1 aromatic heterocycles. The lowest BCUT2D eigenvalue weighted by atomic mass is 9.94. The number of rotatable bonds is 1. The largest absolute Gasteiger partial charge is 0.356 e. The van der Waals surface area contributed by atoms with Crippen LogP contribution in [0.15, 0.2) is 46.9 Å². The standard InChI is InChI=1S/C17H14BrClN2O/c18-11-3-6-15-14(9-11)13-7-8-21(22)17(16(13)20-15)10-1-4-12(19)5-2-10/h1-6,9,17,20,22H,7-8H2/t17-/m0/s1. The molecule has 0 saturated heterocycles. The number of hydrogen-bond donors (Lipinski definition) is 2. The SMILES string of the molecule is ON1CCc2c([nH]c3ccc(Br)cc23)[C@@H]1c1ccc(Cl)cc1. The summed E-state index contributed by atoms with van der Waals surface area (Å²) in [5.41, 5.74) is 4.46.